The quantitative estimate of drug-likeness (QED) is 0.467. The number of anilines is 1. The lowest BCUT2D eigenvalue weighted by molar-refractivity contribution is -0.118. The maximum Gasteiger partial charge on any atom is 0.264 e. The SMILES string of the molecule is O=C(COc1ccc2ccccc2c1)Nc1ccc2c(c1)CN(C(=O)c1cccs1)CC2. The monoisotopic (exact) mass is 442 g/mol. The summed E-state index contributed by atoms with van der Waals surface area (Å²) in [7, 11) is 0. The molecule has 1 N–H and O–H groups in total. The predicted molar refractivity (Wildman–Crippen MR) is 127 cm³/mol. The molecular formula is C26H22N2O3S. The molecule has 0 aliphatic carbocycles. The fourth-order valence-electron chi connectivity index (χ4n) is 3.97. The second-order valence-corrected chi connectivity index (χ2v) is 8.73. The number of thiophene rings is 1. The Morgan fingerprint density at radius 2 is 1.81 bits per heavy atom. The van der Waals surface area contributed by atoms with E-state index in [9.17, 15) is 9.59 Å². The van der Waals surface area contributed by atoms with Gasteiger partial charge in [-0.25, -0.2) is 0 Å². The number of carbonyl (C=O) groups is 2. The molecule has 1 aromatic heterocycles. The smallest absolute Gasteiger partial charge is 0.264 e. The summed E-state index contributed by atoms with van der Waals surface area (Å²) >= 11 is 1.46. The van der Waals surface area contributed by atoms with E-state index in [0.29, 0.717) is 24.5 Å². The third kappa shape index (κ3) is 4.36. The van der Waals surface area contributed by atoms with E-state index in [0.717, 1.165) is 27.6 Å². The fraction of sp³-hybridized carbons (Fsp3) is 0.154. The molecule has 3 aromatic carbocycles. The third-order valence-corrected chi connectivity index (χ3v) is 6.47. The number of hydrogen-bond acceptors (Lipinski definition) is 4. The van der Waals surface area contributed by atoms with Crippen LogP contribution in [0.1, 0.15) is 20.8 Å². The zero-order chi connectivity index (χ0) is 21.9. The highest BCUT2D eigenvalue weighted by molar-refractivity contribution is 7.12. The van der Waals surface area contributed by atoms with Crippen molar-refractivity contribution in [2.24, 2.45) is 0 Å². The lowest BCUT2D eigenvalue weighted by atomic mass is 9.99. The van der Waals surface area contributed by atoms with Gasteiger partial charge in [0, 0.05) is 18.8 Å². The minimum atomic E-state index is -0.222. The maximum absolute atomic E-state index is 12.7. The molecule has 0 saturated heterocycles. The van der Waals surface area contributed by atoms with E-state index in [1.165, 1.54) is 16.9 Å². The Kier molecular flexibility index (Phi) is 5.60. The number of fused-ring (bicyclic) bond motifs is 2. The van der Waals surface area contributed by atoms with Crippen molar-refractivity contribution in [3.05, 3.63) is 94.2 Å². The Bertz CT molecular complexity index is 1280. The Labute approximate surface area is 190 Å². The standard InChI is InChI=1S/C26H22N2O3S/c29-25(17-31-23-10-8-18-4-1-2-5-20(18)15-23)27-22-9-7-19-11-12-28(16-21(19)14-22)26(30)24-6-3-13-32-24/h1-10,13-15H,11-12,16-17H2,(H,27,29). The maximum atomic E-state index is 12.7. The number of benzene rings is 3. The van der Waals surface area contributed by atoms with Crippen LogP contribution in [0.3, 0.4) is 0 Å². The van der Waals surface area contributed by atoms with Crippen LogP contribution in [0.2, 0.25) is 0 Å². The van der Waals surface area contributed by atoms with Crippen molar-refractivity contribution >= 4 is 39.6 Å². The van der Waals surface area contributed by atoms with Gasteiger partial charge in [-0.15, -0.1) is 11.3 Å². The molecule has 2 amide bonds. The average molecular weight is 443 g/mol. The van der Waals surface area contributed by atoms with Crippen LogP contribution in [0.5, 0.6) is 5.75 Å². The summed E-state index contributed by atoms with van der Waals surface area (Å²) in [5, 5.41) is 7.02. The summed E-state index contributed by atoms with van der Waals surface area (Å²) < 4.78 is 5.69. The highest BCUT2D eigenvalue weighted by Crippen LogP contribution is 2.25. The van der Waals surface area contributed by atoms with Crippen molar-refractivity contribution in [3.8, 4) is 5.75 Å². The summed E-state index contributed by atoms with van der Waals surface area (Å²) in [6.07, 6.45) is 0.811. The van der Waals surface area contributed by atoms with Crippen molar-refractivity contribution in [3.63, 3.8) is 0 Å². The van der Waals surface area contributed by atoms with Gasteiger partial charge in [-0.2, -0.15) is 0 Å². The predicted octanol–water partition coefficient (Wildman–Crippen LogP) is 5.12. The van der Waals surface area contributed by atoms with Crippen LogP contribution in [0.15, 0.2) is 78.2 Å². The van der Waals surface area contributed by atoms with Crippen molar-refractivity contribution < 1.29 is 14.3 Å². The molecule has 160 valence electrons. The van der Waals surface area contributed by atoms with Crippen LogP contribution in [0.25, 0.3) is 10.8 Å². The number of hydrogen-bond donors (Lipinski definition) is 1. The van der Waals surface area contributed by atoms with Crippen LogP contribution in [-0.2, 0) is 17.8 Å². The Morgan fingerprint density at radius 1 is 0.938 bits per heavy atom. The Balaban J connectivity index is 1.21. The number of ether oxygens (including phenoxy) is 1. The molecule has 4 aromatic rings. The molecule has 0 unspecified atom stereocenters. The number of carbonyl (C=O) groups excluding carboxylic acids is 2. The second-order valence-electron chi connectivity index (χ2n) is 7.78. The van der Waals surface area contributed by atoms with E-state index in [1.807, 2.05) is 83.1 Å². The molecule has 5 rings (SSSR count). The van der Waals surface area contributed by atoms with Crippen molar-refractivity contribution in [2.45, 2.75) is 13.0 Å². The van der Waals surface area contributed by atoms with E-state index >= 15 is 0 Å². The fourth-order valence-corrected chi connectivity index (χ4v) is 4.66. The lowest BCUT2D eigenvalue weighted by Gasteiger charge is -2.29. The molecule has 0 radical (unpaired) electrons. The molecule has 0 bridgehead atoms. The van der Waals surface area contributed by atoms with Gasteiger partial charge in [-0.1, -0.05) is 42.5 Å². The molecule has 0 spiro atoms. The average Bonchev–Trinajstić information content (AvgIpc) is 3.37. The number of nitrogens with zero attached hydrogens (tertiary/aromatic N) is 1. The van der Waals surface area contributed by atoms with Gasteiger partial charge in [0.15, 0.2) is 6.61 Å². The van der Waals surface area contributed by atoms with Crippen LogP contribution >= 0.6 is 11.3 Å². The largest absolute Gasteiger partial charge is 0.484 e. The zero-order valence-electron chi connectivity index (χ0n) is 17.4. The van der Waals surface area contributed by atoms with Crippen molar-refractivity contribution in [1.82, 2.24) is 4.90 Å². The third-order valence-electron chi connectivity index (χ3n) is 5.61. The first-order valence-corrected chi connectivity index (χ1v) is 11.4. The van der Waals surface area contributed by atoms with E-state index in [2.05, 4.69) is 5.32 Å². The zero-order valence-corrected chi connectivity index (χ0v) is 18.2. The molecule has 2 heterocycles. The number of nitrogens with one attached hydrogen (secondary N) is 1. The summed E-state index contributed by atoms with van der Waals surface area (Å²) in [4.78, 5) is 27.7. The lowest BCUT2D eigenvalue weighted by Crippen LogP contribution is -2.35. The molecule has 0 saturated carbocycles. The van der Waals surface area contributed by atoms with Crippen LogP contribution < -0.4 is 10.1 Å². The summed E-state index contributed by atoms with van der Waals surface area (Å²) in [6, 6.07) is 23.4. The van der Waals surface area contributed by atoms with Crippen LogP contribution in [-0.4, -0.2) is 29.9 Å². The van der Waals surface area contributed by atoms with E-state index < -0.39 is 0 Å². The highest BCUT2D eigenvalue weighted by atomic mass is 32.1. The van der Waals surface area contributed by atoms with Crippen molar-refractivity contribution in [2.75, 3.05) is 18.5 Å². The molecule has 5 nitrogen and oxygen atoms in total. The molecular weight excluding hydrogens is 420 g/mol. The molecule has 1 aliphatic rings. The van der Waals surface area contributed by atoms with E-state index in [-0.39, 0.29) is 18.4 Å². The summed E-state index contributed by atoms with van der Waals surface area (Å²) in [5.74, 6) is 0.497. The minimum Gasteiger partial charge on any atom is -0.484 e. The first kappa shape index (κ1) is 20.3. The molecule has 0 fully saturated rings. The van der Waals surface area contributed by atoms with Gasteiger partial charge in [-0.05, 0) is 64.0 Å². The van der Waals surface area contributed by atoms with E-state index in [4.69, 9.17) is 4.74 Å². The van der Waals surface area contributed by atoms with E-state index in [1.54, 1.807) is 0 Å². The normalized spacial score (nSPS) is 12.9. The van der Waals surface area contributed by atoms with Gasteiger partial charge in [-0.3, -0.25) is 9.59 Å². The van der Waals surface area contributed by atoms with Gasteiger partial charge >= 0.3 is 0 Å². The summed E-state index contributed by atoms with van der Waals surface area (Å²) in [6.45, 7) is 1.18. The number of amides is 2. The van der Waals surface area contributed by atoms with Crippen LogP contribution in [0.4, 0.5) is 5.69 Å². The van der Waals surface area contributed by atoms with Gasteiger partial charge in [0.05, 0.1) is 4.88 Å². The first-order valence-electron chi connectivity index (χ1n) is 10.5. The van der Waals surface area contributed by atoms with Gasteiger partial charge in [0.1, 0.15) is 5.75 Å². The van der Waals surface area contributed by atoms with Gasteiger partial charge in [0.2, 0.25) is 0 Å². The Hall–Kier alpha value is -3.64. The van der Waals surface area contributed by atoms with Gasteiger partial charge < -0.3 is 15.0 Å². The van der Waals surface area contributed by atoms with Crippen LogP contribution in [0, 0.1) is 0 Å². The first-order chi connectivity index (χ1) is 15.7. The summed E-state index contributed by atoms with van der Waals surface area (Å²) in [5.41, 5.74) is 2.99. The molecule has 1 aliphatic heterocycles. The topological polar surface area (TPSA) is 58.6 Å². The Morgan fingerprint density at radius 3 is 2.66 bits per heavy atom. The molecule has 32 heavy (non-hydrogen) atoms. The minimum absolute atomic E-state index is 0.0591. The van der Waals surface area contributed by atoms with Crippen molar-refractivity contribution in [1.29, 1.82) is 0 Å². The molecule has 0 atom stereocenters. The number of rotatable bonds is 5. The van der Waals surface area contributed by atoms with Gasteiger partial charge in [0.25, 0.3) is 11.8 Å². The second kappa shape index (κ2) is 8.85. The molecule has 6 heteroatoms. The highest BCUT2D eigenvalue weighted by Gasteiger charge is 2.22.